The van der Waals surface area contributed by atoms with Crippen LogP contribution in [0.2, 0.25) is 0 Å². The van der Waals surface area contributed by atoms with Gasteiger partial charge in [-0.3, -0.25) is 9.67 Å². The number of aromatic nitrogens is 3. The average Bonchev–Trinajstić information content (AvgIpc) is 2.88. The van der Waals surface area contributed by atoms with Crippen LogP contribution in [0.15, 0.2) is 47.9 Å². The van der Waals surface area contributed by atoms with Crippen molar-refractivity contribution in [3.8, 4) is 0 Å². The smallest absolute Gasteiger partial charge is 0.0489 e. The molecule has 2 heterocycles. The third kappa shape index (κ3) is 4.61. The summed E-state index contributed by atoms with van der Waals surface area (Å²) in [5.74, 6) is 1.18. The first kappa shape index (κ1) is 12.2. The Hall–Kier alpha value is -1.29. The Kier molecular flexibility index (Phi) is 5.10. The lowest BCUT2D eigenvalue weighted by atomic mass is 10.2. The third-order valence-electron chi connectivity index (χ3n) is 2.51. The zero-order valence-electron chi connectivity index (χ0n) is 9.83. The molecule has 0 bridgehead atoms. The van der Waals surface area contributed by atoms with Crippen molar-refractivity contribution in [1.29, 1.82) is 0 Å². The highest BCUT2D eigenvalue weighted by atomic mass is 32.2. The van der Waals surface area contributed by atoms with E-state index in [9.17, 15) is 0 Å². The zero-order chi connectivity index (χ0) is 11.8. The van der Waals surface area contributed by atoms with E-state index in [0.717, 1.165) is 6.54 Å². The number of nitrogens with zero attached hydrogens (tertiary/aromatic N) is 3. The van der Waals surface area contributed by atoms with Gasteiger partial charge in [0.15, 0.2) is 0 Å². The molecule has 0 atom stereocenters. The molecule has 2 aromatic rings. The Morgan fingerprint density at radius 2 is 1.94 bits per heavy atom. The van der Waals surface area contributed by atoms with E-state index in [0.29, 0.717) is 0 Å². The molecule has 90 valence electrons. The molecule has 0 saturated heterocycles. The van der Waals surface area contributed by atoms with Gasteiger partial charge in [0.1, 0.15) is 0 Å². The Morgan fingerprint density at radius 3 is 2.71 bits per heavy atom. The summed E-state index contributed by atoms with van der Waals surface area (Å²) < 4.78 is 2.00. The Balaban J connectivity index is 1.52. The Bertz CT molecular complexity index is 400. The van der Waals surface area contributed by atoms with Crippen molar-refractivity contribution in [3.63, 3.8) is 0 Å². The number of hydrogen-bond acceptors (Lipinski definition) is 3. The highest BCUT2D eigenvalue weighted by Gasteiger charge is 1.94. The van der Waals surface area contributed by atoms with Crippen molar-refractivity contribution in [3.05, 3.63) is 43.0 Å². The lowest BCUT2D eigenvalue weighted by Crippen LogP contribution is -1.98. The number of unbranched alkanes of at least 4 members (excludes halogenated alkanes) is 2. The highest BCUT2D eigenvalue weighted by Crippen LogP contribution is 2.18. The van der Waals surface area contributed by atoms with Gasteiger partial charge in [-0.15, -0.1) is 11.8 Å². The maximum Gasteiger partial charge on any atom is 0.0489 e. The van der Waals surface area contributed by atoms with E-state index in [-0.39, 0.29) is 0 Å². The van der Waals surface area contributed by atoms with Crippen LogP contribution >= 0.6 is 11.8 Å². The first-order valence-electron chi connectivity index (χ1n) is 5.95. The summed E-state index contributed by atoms with van der Waals surface area (Å²) in [5, 5.41) is 4.19. The van der Waals surface area contributed by atoms with Gasteiger partial charge < -0.3 is 0 Å². The molecule has 4 heteroatoms. The third-order valence-corrected chi connectivity index (χ3v) is 3.61. The van der Waals surface area contributed by atoms with Crippen LogP contribution in [0, 0.1) is 0 Å². The predicted octanol–water partition coefficient (Wildman–Crippen LogP) is 3.24. The molecule has 2 aromatic heterocycles. The number of hydrogen-bond donors (Lipinski definition) is 0. The molecule has 0 saturated carbocycles. The molecule has 0 aliphatic rings. The molecule has 3 nitrogen and oxygen atoms in total. The van der Waals surface area contributed by atoms with E-state index in [2.05, 4.69) is 22.2 Å². The summed E-state index contributed by atoms with van der Waals surface area (Å²) in [6.07, 6.45) is 11.3. The maximum atomic E-state index is 4.19. The van der Waals surface area contributed by atoms with Crippen molar-refractivity contribution in [2.24, 2.45) is 0 Å². The molecule has 0 aliphatic carbocycles. The predicted molar refractivity (Wildman–Crippen MR) is 71.0 cm³/mol. The van der Waals surface area contributed by atoms with Crippen LogP contribution in [0.4, 0.5) is 0 Å². The van der Waals surface area contributed by atoms with Crippen LogP contribution in [0.1, 0.15) is 19.3 Å². The van der Waals surface area contributed by atoms with Gasteiger partial charge in [0.2, 0.25) is 0 Å². The van der Waals surface area contributed by atoms with Crippen LogP contribution in [0.3, 0.4) is 0 Å². The second-order valence-corrected chi connectivity index (χ2v) is 5.03. The van der Waals surface area contributed by atoms with E-state index in [1.807, 2.05) is 47.3 Å². The molecule has 0 radical (unpaired) electrons. The molecular weight excluding hydrogens is 230 g/mol. The summed E-state index contributed by atoms with van der Waals surface area (Å²) in [4.78, 5) is 5.32. The number of pyridine rings is 1. The quantitative estimate of drug-likeness (QED) is 0.556. The summed E-state index contributed by atoms with van der Waals surface area (Å²) in [6, 6.07) is 6.10. The SMILES string of the molecule is c1cnn(CCCCCSc2ccncc2)c1. The van der Waals surface area contributed by atoms with Crippen molar-refractivity contribution in [2.45, 2.75) is 30.7 Å². The minimum Gasteiger partial charge on any atom is -0.273 e. The number of rotatable bonds is 7. The van der Waals surface area contributed by atoms with Gasteiger partial charge in [-0.1, -0.05) is 6.42 Å². The van der Waals surface area contributed by atoms with Gasteiger partial charge in [0.05, 0.1) is 0 Å². The first-order valence-corrected chi connectivity index (χ1v) is 6.94. The summed E-state index contributed by atoms with van der Waals surface area (Å²) in [7, 11) is 0. The fourth-order valence-corrected chi connectivity index (χ4v) is 2.51. The maximum absolute atomic E-state index is 4.19. The molecular formula is C13H17N3S. The van der Waals surface area contributed by atoms with E-state index < -0.39 is 0 Å². The highest BCUT2D eigenvalue weighted by molar-refractivity contribution is 7.99. The normalized spacial score (nSPS) is 10.6. The van der Waals surface area contributed by atoms with Crippen LogP contribution in [0.5, 0.6) is 0 Å². The van der Waals surface area contributed by atoms with Gasteiger partial charge >= 0.3 is 0 Å². The van der Waals surface area contributed by atoms with Gasteiger partial charge in [-0.05, 0) is 36.8 Å². The molecule has 0 N–H and O–H groups in total. The van der Waals surface area contributed by atoms with Crippen molar-refractivity contribution in [1.82, 2.24) is 14.8 Å². The lowest BCUT2D eigenvalue weighted by Gasteiger charge is -2.02. The first-order chi connectivity index (χ1) is 8.45. The summed E-state index contributed by atoms with van der Waals surface area (Å²) >= 11 is 1.91. The fourth-order valence-electron chi connectivity index (χ4n) is 1.61. The van der Waals surface area contributed by atoms with Crippen LogP contribution in [-0.4, -0.2) is 20.5 Å². The summed E-state index contributed by atoms with van der Waals surface area (Å²) in [6.45, 7) is 1.03. The fraction of sp³-hybridized carbons (Fsp3) is 0.385. The molecule has 0 aliphatic heterocycles. The average molecular weight is 247 g/mol. The standard InChI is InChI=1S/C13H17N3S/c1(2-10-16-11-4-7-15-16)3-12-17-13-5-8-14-9-6-13/h4-9,11H,1-3,10,12H2. The largest absolute Gasteiger partial charge is 0.273 e. The molecule has 0 fully saturated rings. The molecule has 0 aromatic carbocycles. The van der Waals surface area contributed by atoms with E-state index in [4.69, 9.17) is 0 Å². The van der Waals surface area contributed by atoms with Gasteiger partial charge in [0, 0.05) is 36.2 Å². The molecule has 2 rings (SSSR count). The topological polar surface area (TPSA) is 30.7 Å². The van der Waals surface area contributed by atoms with Crippen molar-refractivity contribution in [2.75, 3.05) is 5.75 Å². The molecule has 0 unspecified atom stereocenters. The lowest BCUT2D eigenvalue weighted by molar-refractivity contribution is 0.554. The molecule has 0 amide bonds. The minimum atomic E-state index is 1.03. The van der Waals surface area contributed by atoms with Gasteiger partial charge in [0.25, 0.3) is 0 Å². The number of thioether (sulfide) groups is 1. The zero-order valence-corrected chi connectivity index (χ0v) is 10.6. The van der Waals surface area contributed by atoms with E-state index in [1.54, 1.807) is 0 Å². The second kappa shape index (κ2) is 7.12. The van der Waals surface area contributed by atoms with E-state index in [1.165, 1.54) is 29.9 Å². The van der Waals surface area contributed by atoms with Crippen LogP contribution < -0.4 is 0 Å². The van der Waals surface area contributed by atoms with Gasteiger partial charge in [-0.2, -0.15) is 5.10 Å². The van der Waals surface area contributed by atoms with Gasteiger partial charge in [-0.25, -0.2) is 0 Å². The molecule has 0 spiro atoms. The Morgan fingerprint density at radius 1 is 1.06 bits per heavy atom. The monoisotopic (exact) mass is 247 g/mol. The van der Waals surface area contributed by atoms with Crippen LogP contribution in [0.25, 0.3) is 0 Å². The number of aryl methyl sites for hydroxylation is 1. The summed E-state index contributed by atoms with van der Waals surface area (Å²) in [5.41, 5.74) is 0. The second-order valence-electron chi connectivity index (χ2n) is 3.86. The van der Waals surface area contributed by atoms with Crippen molar-refractivity contribution >= 4 is 11.8 Å². The van der Waals surface area contributed by atoms with Crippen LogP contribution in [-0.2, 0) is 6.54 Å². The minimum absolute atomic E-state index is 1.03. The van der Waals surface area contributed by atoms with Crippen molar-refractivity contribution < 1.29 is 0 Å². The van der Waals surface area contributed by atoms with E-state index >= 15 is 0 Å². The molecule has 17 heavy (non-hydrogen) atoms. The Labute approximate surface area is 106 Å².